The van der Waals surface area contributed by atoms with E-state index >= 15 is 0 Å². The highest BCUT2D eigenvalue weighted by molar-refractivity contribution is 9.10. The Morgan fingerprint density at radius 2 is 1.86 bits per heavy atom. The fraction of sp³-hybridized carbons (Fsp3) is 0.917. The molecule has 0 aliphatic heterocycles. The first-order chi connectivity index (χ1) is 13.3. The van der Waals surface area contributed by atoms with Crippen molar-refractivity contribution < 1.29 is 14.3 Å². The molecular formula is C24H37BrO3. The number of alkyl halides is 1. The van der Waals surface area contributed by atoms with Crippen LogP contribution in [0.3, 0.4) is 0 Å². The second kappa shape index (κ2) is 7.39. The van der Waals surface area contributed by atoms with E-state index in [0.29, 0.717) is 23.0 Å². The summed E-state index contributed by atoms with van der Waals surface area (Å²) in [5, 5.41) is 0. The van der Waals surface area contributed by atoms with Crippen LogP contribution in [0.25, 0.3) is 0 Å². The van der Waals surface area contributed by atoms with Crippen LogP contribution in [0.4, 0.5) is 0 Å². The Bertz CT molecular complexity index is 648. The summed E-state index contributed by atoms with van der Waals surface area (Å²) in [6.45, 7) is 7.13. The van der Waals surface area contributed by atoms with Gasteiger partial charge in [-0.1, -0.05) is 36.7 Å². The van der Waals surface area contributed by atoms with E-state index in [4.69, 9.17) is 4.74 Å². The summed E-state index contributed by atoms with van der Waals surface area (Å²) in [7, 11) is 1.54. The van der Waals surface area contributed by atoms with Gasteiger partial charge in [-0.25, -0.2) is 0 Å². The lowest BCUT2D eigenvalue weighted by molar-refractivity contribution is -0.153. The van der Waals surface area contributed by atoms with Gasteiger partial charge in [-0.05, 0) is 91.8 Å². The average Bonchev–Trinajstić information content (AvgIpc) is 3.01. The molecule has 4 heteroatoms. The van der Waals surface area contributed by atoms with Crippen LogP contribution in [0.1, 0.15) is 78.6 Å². The fourth-order valence-corrected chi connectivity index (χ4v) is 9.41. The molecule has 0 spiro atoms. The molecule has 0 N–H and O–H groups in total. The average molecular weight is 453 g/mol. The quantitative estimate of drug-likeness (QED) is 0.402. The van der Waals surface area contributed by atoms with Gasteiger partial charge in [-0.3, -0.25) is 9.59 Å². The number of ether oxygens (including phenoxy) is 1. The molecule has 158 valence electrons. The van der Waals surface area contributed by atoms with Gasteiger partial charge in [-0.2, -0.15) is 0 Å². The molecule has 0 aromatic rings. The van der Waals surface area contributed by atoms with E-state index < -0.39 is 0 Å². The number of hydrogen-bond acceptors (Lipinski definition) is 3. The van der Waals surface area contributed by atoms with E-state index in [2.05, 4.69) is 36.7 Å². The summed E-state index contributed by atoms with van der Waals surface area (Å²) in [5.74, 6) is 3.78. The standard InChI is InChI=1S/C24H37BrO3/c1-5-15(22(27)28-4)17-8-9-18-16-7-6-14-12-21(26)20(25)13-24(14,3)19(16)10-11-23(17,18)2/h14-20H,5-13H2,1-4H3/t14-,15+,16-,17+,18-,19-,20+,23+,24-/m0/s1. The Kier molecular flexibility index (Phi) is 5.51. The van der Waals surface area contributed by atoms with E-state index in [1.54, 1.807) is 7.11 Å². The first-order valence-electron chi connectivity index (χ1n) is 11.5. The molecule has 0 unspecified atom stereocenters. The molecular weight excluding hydrogens is 416 g/mol. The minimum absolute atomic E-state index is 0.0000851. The molecule has 3 nitrogen and oxygen atoms in total. The van der Waals surface area contributed by atoms with Crippen molar-refractivity contribution >= 4 is 27.7 Å². The number of fused-ring (bicyclic) bond motifs is 5. The highest BCUT2D eigenvalue weighted by Crippen LogP contribution is 2.68. The lowest BCUT2D eigenvalue weighted by atomic mass is 9.44. The largest absolute Gasteiger partial charge is 0.469 e. The van der Waals surface area contributed by atoms with Crippen molar-refractivity contribution in [2.45, 2.75) is 83.4 Å². The second-order valence-electron chi connectivity index (χ2n) is 10.8. The Balaban J connectivity index is 1.60. The number of ketones is 1. The van der Waals surface area contributed by atoms with Crippen molar-refractivity contribution in [2.75, 3.05) is 7.11 Å². The minimum Gasteiger partial charge on any atom is -0.469 e. The van der Waals surface area contributed by atoms with E-state index in [9.17, 15) is 9.59 Å². The predicted molar refractivity (Wildman–Crippen MR) is 114 cm³/mol. The summed E-state index contributed by atoms with van der Waals surface area (Å²) >= 11 is 3.70. The zero-order valence-corrected chi connectivity index (χ0v) is 19.6. The molecule has 9 atom stereocenters. The molecule has 4 saturated carbocycles. The smallest absolute Gasteiger partial charge is 0.308 e. The number of methoxy groups -OCH3 is 1. The van der Waals surface area contributed by atoms with Crippen molar-refractivity contribution in [2.24, 2.45) is 46.3 Å². The molecule has 4 aliphatic carbocycles. The maximum atomic E-state index is 12.5. The Morgan fingerprint density at radius 3 is 2.54 bits per heavy atom. The third-order valence-electron chi connectivity index (χ3n) is 9.98. The van der Waals surface area contributed by atoms with Crippen molar-refractivity contribution in [1.29, 1.82) is 0 Å². The lowest BCUT2D eigenvalue weighted by Crippen LogP contribution is -2.55. The zero-order valence-electron chi connectivity index (χ0n) is 18.0. The molecule has 0 radical (unpaired) electrons. The number of hydrogen-bond donors (Lipinski definition) is 0. The Hall–Kier alpha value is -0.380. The van der Waals surface area contributed by atoms with Gasteiger partial charge < -0.3 is 4.74 Å². The molecule has 4 fully saturated rings. The van der Waals surface area contributed by atoms with Gasteiger partial charge in [0.25, 0.3) is 0 Å². The summed E-state index contributed by atoms with van der Waals surface area (Å²) in [5.41, 5.74) is 0.578. The van der Waals surface area contributed by atoms with E-state index in [1.807, 2.05) is 0 Å². The van der Waals surface area contributed by atoms with Crippen LogP contribution in [-0.4, -0.2) is 23.7 Å². The topological polar surface area (TPSA) is 43.4 Å². The first kappa shape index (κ1) is 20.9. The third kappa shape index (κ3) is 2.94. The monoisotopic (exact) mass is 452 g/mol. The maximum Gasteiger partial charge on any atom is 0.308 e. The van der Waals surface area contributed by atoms with Crippen LogP contribution in [0.2, 0.25) is 0 Å². The summed E-state index contributed by atoms with van der Waals surface area (Å²) < 4.78 is 5.18. The molecule has 28 heavy (non-hydrogen) atoms. The molecule has 4 aliphatic rings. The van der Waals surface area contributed by atoms with Gasteiger partial charge in [0.2, 0.25) is 0 Å². The van der Waals surface area contributed by atoms with E-state index in [0.717, 1.165) is 37.0 Å². The number of halogens is 1. The van der Waals surface area contributed by atoms with Gasteiger partial charge in [0.15, 0.2) is 0 Å². The number of esters is 1. The van der Waals surface area contributed by atoms with Gasteiger partial charge in [0, 0.05) is 6.42 Å². The molecule has 4 rings (SSSR count). The third-order valence-corrected chi connectivity index (χ3v) is 10.8. The number of carbonyl (C=O) groups is 2. The highest BCUT2D eigenvalue weighted by atomic mass is 79.9. The van der Waals surface area contributed by atoms with Crippen LogP contribution in [0.15, 0.2) is 0 Å². The molecule has 0 heterocycles. The maximum absolute atomic E-state index is 12.5. The number of carbonyl (C=O) groups excluding carboxylic acids is 2. The van der Waals surface area contributed by atoms with Gasteiger partial charge in [-0.15, -0.1) is 0 Å². The SMILES string of the molecule is CC[C@@H](C(=O)OC)[C@H]1CC[C@H]2[C@@H]3CC[C@H]4CC(=O)[C@H](Br)C[C@]4(C)[C@H]3CC[C@]12C. The Labute approximate surface area is 178 Å². The van der Waals surface area contributed by atoms with E-state index in [1.165, 1.54) is 38.5 Å². The van der Waals surface area contributed by atoms with Crippen molar-refractivity contribution in [3.63, 3.8) is 0 Å². The predicted octanol–water partition coefficient (Wildman–Crippen LogP) is 5.79. The minimum atomic E-state index is 0.0000851. The summed E-state index contributed by atoms with van der Waals surface area (Å²) in [6, 6.07) is 0. The van der Waals surface area contributed by atoms with Crippen molar-refractivity contribution in [3.05, 3.63) is 0 Å². The fourth-order valence-electron chi connectivity index (χ4n) is 8.53. The Morgan fingerprint density at radius 1 is 1.14 bits per heavy atom. The van der Waals surface area contributed by atoms with Gasteiger partial charge in [0.1, 0.15) is 5.78 Å². The van der Waals surface area contributed by atoms with Crippen LogP contribution < -0.4 is 0 Å². The normalized spacial score (nSPS) is 49.0. The zero-order chi connectivity index (χ0) is 20.3. The van der Waals surface area contributed by atoms with Crippen LogP contribution in [-0.2, 0) is 14.3 Å². The molecule has 0 bridgehead atoms. The molecule has 0 aromatic heterocycles. The first-order valence-corrected chi connectivity index (χ1v) is 12.4. The number of Topliss-reactive ketones (excluding diaryl/α,β-unsaturated/α-hetero) is 1. The number of rotatable bonds is 3. The van der Waals surface area contributed by atoms with E-state index in [-0.39, 0.29) is 22.1 Å². The van der Waals surface area contributed by atoms with Crippen LogP contribution in [0.5, 0.6) is 0 Å². The van der Waals surface area contributed by atoms with Crippen LogP contribution >= 0.6 is 15.9 Å². The van der Waals surface area contributed by atoms with Crippen molar-refractivity contribution in [1.82, 2.24) is 0 Å². The van der Waals surface area contributed by atoms with Crippen molar-refractivity contribution in [3.8, 4) is 0 Å². The van der Waals surface area contributed by atoms with Gasteiger partial charge >= 0.3 is 5.97 Å². The molecule has 0 saturated heterocycles. The molecule has 0 aromatic carbocycles. The summed E-state index contributed by atoms with van der Waals surface area (Å²) in [6.07, 6.45) is 10.1. The lowest BCUT2D eigenvalue weighted by Gasteiger charge is -2.61. The van der Waals surface area contributed by atoms with Crippen LogP contribution in [0, 0.1) is 46.3 Å². The molecule has 0 amide bonds. The highest BCUT2D eigenvalue weighted by Gasteiger charge is 2.62. The summed E-state index contributed by atoms with van der Waals surface area (Å²) in [4.78, 5) is 24.9. The van der Waals surface area contributed by atoms with Gasteiger partial charge in [0.05, 0.1) is 17.9 Å². The second-order valence-corrected chi connectivity index (χ2v) is 11.9.